The lowest BCUT2D eigenvalue weighted by Crippen LogP contribution is -2.40. The number of hydrogen-bond donors (Lipinski definition) is 0. The minimum atomic E-state index is -1.38. The Morgan fingerprint density at radius 2 is 1.89 bits per heavy atom. The highest BCUT2D eigenvalue weighted by Gasteiger charge is 2.75. The molecule has 3 aliphatic rings. The summed E-state index contributed by atoms with van der Waals surface area (Å²) in [4.78, 5) is 14.7. The van der Waals surface area contributed by atoms with Crippen molar-refractivity contribution in [3.8, 4) is 0 Å². The number of carbonyl (C=O) groups excluding carboxylic acids is 1. The molecule has 0 aromatic rings. The van der Waals surface area contributed by atoms with Crippen LogP contribution in [0.5, 0.6) is 0 Å². The molecule has 4 atom stereocenters. The highest BCUT2D eigenvalue weighted by atomic mass is 35.5. The van der Waals surface area contributed by atoms with Gasteiger partial charge in [-0.3, -0.25) is 4.79 Å². The van der Waals surface area contributed by atoms with E-state index in [9.17, 15) is 4.79 Å². The van der Waals surface area contributed by atoms with Crippen molar-refractivity contribution in [3.63, 3.8) is 0 Å². The van der Waals surface area contributed by atoms with Crippen LogP contribution in [0, 0.1) is 11.8 Å². The molecule has 3 nitrogen and oxygen atoms in total. The van der Waals surface area contributed by atoms with Crippen molar-refractivity contribution in [2.75, 3.05) is 6.61 Å². The third kappa shape index (κ3) is 1.20. The van der Waals surface area contributed by atoms with E-state index in [1.807, 2.05) is 6.92 Å². The molecular formula is C11H9Cl4NO2. The van der Waals surface area contributed by atoms with Gasteiger partial charge in [0.25, 0.3) is 0 Å². The van der Waals surface area contributed by atoms with E-state index in [2.05, 4.69) is 5.16 Å². The predicted molar refractivity (Wildman–Crippen MR) is 71.6 cm³/mol. The van der Waals surface area contributed by atoms with Crippen molar-refractivity contribution >= 4 is 57.9 Å². The van der Waals surface area contributed by atoms with E-state index in [-0.39, 0.29) is 27.7 Å². The van der Waals surface area contributed by atoms with E-state index in [4.69, 9.17) is 51.2 Å². The molecule has 1 saturated carbocycles. The summed E-state index contributed by atoms with van der Waals surface area (Å²) in [7, 11) is 0. The van der Waals surface area contributed by atoms with Crippen LogP contribution in [0.2, 0.25) is 0 Å². The van der Waals surface area contributed by atoms with Gasteiger partial charge < -0.3 is 4.84 Å². The number of halogens is 4. The molecular weight excluding hydrogens is 320 g/mol. The van der Waals surface area contributed by atoms with Gasteiger partial charge in [0.05, 0.1) is 15.8 Å². The van der Waals surface area contributed by atoms with Crippen LogP contribution in [0.1, 0.15) is 13.3 Å². The first kappa shape index (κ1) is 13.0. The maximum Gasteiger partial charge on any atom is 0.186 e. The van der Waals surface area contributed by atoms with Crippen LogP contribution in [-0.4, -0.2) is 27.9 Å². The Kier molecular flexibility index (Phi) is 2.74. The summed E-state index contributed by atoms with van der Waals surface area (Å²) in [6.45, 7) is 2.33. The SMILES string of the molecule is CC1C(C2=NOCC2)C2(Cl)C(=O)C1(Cl)C(Cl)=C2Cl. The van der Waals surface area contributed by atoms with Gasteiger partial charge >= 0.3 is 0 Å². The van der Waals surface area contributed by atoms with Gasteiger partial charge in [0, 0.05) is 12.3 Å². The summed E-state index contributed by atoms with van der Waals surface area (Å²) in [5.41, 5.74) is 0.732. The molecule has 7 heteroatoms. The zero-order valence-corrected chi connectivity index (χ0v) is 12.4. The second-order valence-electron chi connectivity index (χ2n) is 4.81. The van der Waals surface area contributed by atoms with Crippen molar-refractivity contribution < 1.29 is 9.63 Å². The van der Waals surface area contributed by atoms with E-state index in [1.165, 1.54) is 0 Å². The number of fused-ring (bicyclic) bond motifs is 2. The molecule has 0 aromatic carbocycles. The van der Waals surface area contributed by atoms with Gasteiger partial charge in [-0.15, -0.1) is 23.2 Å². The molecule has 1 heterocycles. The lowest BCUT2D eigenvalue weighted by Gasteiger charge is -2.33. The number of rotatable bonds is 1. The first-order valence-electron chi connectivity index (χ1n) is 5.54. The first-order valence-corrected chi connectivity index (χ1v) is 7.05. The Balaban J connectivity index is 2.19. The Morgan fingerprint density at radius 3 is 2.39 bits per heavy atom. The summed E-state index contributed by atoms with van der Waals surface area (Å²) in [5, 5.41) is 4.23. The maximum atomic E-state index is 12.4. The Morgan fingerprint density at radius 1 is 1.28 bits per heavy atom. The Bertz CT molecular complexity index is 517. The molecule has 18 heavy (non-hydrogen) atoms. The van der Waals surface area contributed by atoms with Gasteiger partial charge in [0.1, 0.15) is 16.4 Å². The zero-order chi connectivity index (χ0) is 13.3. The van der Waals surface area contributed by atoms with Crippen LogP contribution in [0.15, 0.2) is 15.2 Å². The largest absolute Gasteiger partial charge is 0.395 e. The predicted octanol–water partition coefficient (Wildman–Crippen LogP) is 3.26. The van der Waals surface area contributed by atoms with Gasteiger partial charge in [-0.25, -0.2) is 0 Å². The van der Waals surface area contributed by atoms with E-state index >= 15 is 0 Å². The Hall–Kier alpha value is 0.0400. The highest BCUT2D eigenvalue weighted by molar-refractivity contribution is 6.63. The second-order valence-corrected chi connectivity index (χ2v) is 6.76. The van der Waals surface area contributed by atoms with Crippen molar-refractivity contribution in [1.29, 1.82) is 0 Å². The number of Topliss-reactive ketones (excluding diaryl/α,β-unsaturated/α-hetero) is 1. The third-order valence-corrected chi connectivity index (χ3v) is 6.60. The number of allylic oxidation sites excluding steroid dienone is 2. The molecule has 4 unspecified atom stereocenters. The fraction of sp³-hybridized carbons (Fsp3) is 0.636. The molecule has 98 valence electrons. The van der Waals surface area contributed by atoms with Crippen LogP contribution in [0.4, 0.5) is 0 Å². The number of carbonyl (C=O) groups is 1. The van der Waals surface area contributed by atoms with Gasteiger partial charge in [0.15, 0.2) is 5.78 Å². The standard InChI is InChI=1S/C11H9Cl4NO2/c1-4-6(5-2-3-18-16-5)11(15)8(13)7(12)10(4,14)9(11)17/h4,6H,2-3H2,1H3. The van der Waals surface area contributed by atoms with E-state index in [0.29, 0.717) is 13.0 Å². The Labute approximate surface area is 124 Å². The molecule has 0 aromatic heterocycles. The van der Waals surface area contributed by atoms with Crippen molar-refractivity contribution in [2.45, 2.75) is 23.1 Å². The molecule has 1 fully saturated rings. The average molecular weight is 329 g/mol. The monoisotopic (exact) mass is 327 g/mol. The van der Waals surface area contributed by atoms with Crippen molar-refractivity contribution in [3.05, 3.63) is 10.1 Å². The molecule has 3 rings (SSSR count). The number of ketones is 1. The average Bonchev–Trinajstić information content (AvgIpc) is 2.94. The van der Waals surface area contributed by atoms with Crippen molar-refractivity contribution in [1.82, 2.24) is 0 Å². The minimum absolute atomic E-state index is 0.128. The smallest absolute Gasteiger partial charge is 0.186 e. The van der Waals surface area contributed by atoms with Crippen LogP contribution < -0.4 is 0 Å². The van der Waals surface area contributed by atoms with Crippen molar-refractivity contribution in [2.24, 2.45) is 17.0 Å². The maximum absolute atomic E-state index is 12.4. The number of oxime groups is 1. The normalized spacial score (nSPS) is 46.7. The van der Waals surface area contributed by atoms with Gasteiger partial charge in [0.2, 0.25) is 0 Å². The summed E-state index contributed by atoms with van der Waals surface area (Å²) in [6, 6.07) is 0. The van der Waals surface area contributed by atoms with Crippen LogP contribution in [0.3, 0.4) is 0 Å². The summed E-state index contributed by atoms with van der Waals surface area (Å²) in [6.07, 6.45) is 0.630. The fourth-order valence-corrected chi connectivity index (χ4v) is 4.93. The highest BCUT2D eigenvalue weighted by Crippen LogP contribution is 2.66. The molecule has 0 N–H and O–H groups in total. The third-order valence-electron chi connectivity index (χ3n) is 4.04. The fourth-order valence-electron chi connectivity index (χ4n) is 3.10. The van der Waals surface area contributed by atoms with E-state index in [1.54, 1.807) is 0 Å². The summed E-state index contributed by atoms with van der Waals surface area (Å²) >= 11 is 25.1. The van der Waals surface area contributed by atoms with Gasteiger partial charge in [-0.2, -0.15) is 0 Å². The zero-order valence-electron chi connectivity index (χ0n) is 9.34. The lowest BCUT2D eigenvalue weighted by atomic mass is 9.79. The molecule has 2 aliphatic carbocycles. The molecule has 0 radical (unpaired) electrons. The second kappa shape index (κ2) is 3.78. The van der Waals surface area contributed by atoms with Crippen LogP contribution >= 0.6 is 46.4 Å². The lowest BCUT2D eigenvalue weighted by molar-refractivity contribution is -0.119. The van der Waals surface area contributed by atoms with E-state index < -0.39 is 9.75 Å². The number of nitrogens with zero attached hydrogens (tertiary/aromatic N) is 1. The molecule has 2 bridgehead atoms. The molecule has 0 amide bonds. The van der Waals surface area contributed by atoms with E-state index in [0.717, 1.165) is 5.71 Å². The molecule has 0 spiro atoms. The minimum Gasteiger partial charge on any atom is -0.395 e. The summed E-state index contributed by atoms with van der Waals surface area (Å²) in [5.74, 6) is -0.971. The quantitative estimate of drug-likeness (QED) is 0.693. The number of alkyl halides is 2. The first-order chi connectivity index (χ1) is 8.36. The van der Waals surface area contributed by atoms with Crippen LogP contribution in [-0.2, 0) is 9.63 Å². The van der Waals surface area contributed by atoms with Crippen LogP contribution in [0.25, 0.3) is 0 Å². The number of hydrogen-bond acceptors (Lipinski definition) is 3. The topological polar surface area (TPSA) is 38.7 Å². The molecule has 0 saturated heterocycles. The van der Waals surface area contributed by atoms with Gasteiger partial charge in [-0.1, -0.05) is 35.3 Å². The van der Waals surface area contributed by atoms with Gasteiger partial charge in [-0.05, 0) is 5.92 Å². The molecule has 1 aliphatic heterocycles. The summed E-state index contributed by atoms with van der Waals surface area (Å²) < 4.78 is 0.